The van der Waals surface area contributed by atoms with E-state index in [0.717, 1.165) is 16.8 Å². The maximum absolute atomic E-state index is 12.6. The van der Waals surface area contributed by atoms with Gasteiger partial charge in [-0.3, -0.25) is 9.69 Å². The van der Waals surface area contributed by atoms with Crippen molar-refractivity contribution in [1.82, 2.24) is 14.9 Å². The van der Waals surface area contributed by atoms with Crippen molar-refractivity contribution in [3.63, 3.8) is 0 Å². The SMILES string of the molecule is COc1ccc(CN2CCc3c(nc(-c4ccc(N)cc4)[nH]c3=O)C2)c(Cl)c1O. The highest BCUT2D eigenvalue weighted by Gasteiger charge is 2.23. The van der Waals surface area contributed by atoms with Crippen LogP contribution in [0.3, 0.4) is 0 Å². The Morgan fingerprint density at radius 2 is 2.03 bits per heavy atom. The molecular formula is C21H21ClN4O3. The van der Waals surface area contributed by atoms with Gasteiger partial charge in [0.1, 0.15) is 5.82 Å². The van der Waals surface area contributed by atoms with Crippen molar-refractivity contribution in [2.45, 2.75) is 19.5 Å². The van der Waals surface area contributed by atoms with Crippen molar-refractivity contribution in [3.05, 3.63) is 68.6 Å². The number of methoxy groups -OCH3 is 1. The van der Waals surface area contributed by atoms with Crippen molar-refractivity contribution in [1.29, 1.82) is 0 Å². The molecule has 2 aromatic carbocycles. The Kier molecular flexibility index (Phi) is 5.17. The molecule has 0 unspecified atom stereocenters. The van der Waals surface area contributed by atoms with E-state index >= 15 is 0 Å². The molecule has 0 saturated carbocycles. The van der Waals surface area contributed by atoms with Gasteiger partial charge in [0, 0.05) is 36.4 Å². The monoisotopic (exact) mass is 412 g/mol. The highest BCUT2D eigenvalue weighted by atomic mass is 35.5. The molecule has 4 rings (SSSR count). The van der Waals surface area contributed by atoms with E-state index in [1.165, 1.54) is 7.11 Å². The van der Waals surface area contributed by atoms with Gasteiger partial charge in [0.25, 0.3) is 5.56 Å². The first kappa shape index (κ1) is 19.3. The van der Waals surface area contributed by atoms with Gasteiger partial charge < -0.3 is 20.6 Å². The van der Waals surface area contributed by atoms with E-state index in [2.05, 4.69) is 9.88 Å². The number of nitrogens with one attached hydrogen (secondary N) is 1. The Labute approximate surface area is 172 Å². The third-order valence-corrected chi connectivity index (χ3v) is 5.53. The van der Waals surface area contributed by atoms with Crippen LogP contribution in [0.1, 0.15) is 16.8 Å². The number of nitrogen functional groups attached to an aromatic ring is 1. The zero-order valence-electron chi connectivity index (χ0n) is 15.9. The standard InChI is InChI=1S/C21H21ClN4O3/c1-29-17-7-4-13(18(22)19(17)27)10-26-9-8-15-16(11-26)24-20(25-21(15)28)12-2-5-14(23)6-3-12/h2-7,27H,8-11,23H2,1H3,(H,24,25,28). The number of phenols is 1. The highest BCUT2D eigenvalue weighted by Crippen LogP contribution is 2.37. The van der Waals surface area contributed by atoms with E-state index in [4.69, 9.17) is 27.1 Å². The number of fused-ring (bicyclic) bond motifs is 1. The van der Waals surface area contributed by atoms with E-state index in [-0.39, 0.29) is 16.3 Å². The molecule has 29 heavy (non-hydrogen) atoms. The molecule has 0 fully saturated rings. The molecule has 0 radical (unpaired) electrons. The average molecular weight is 413 g/mol. The van der Waals surface area contributed by atoms with Gasteiger partial charge in [0.2, 0.25) is 0 Å². The minimum Gasteiger partial charge on any atom is -0.503 e. The minimum absolute atomic E-state index is 0.0655. The molecule has 150 valence electrons. The molecule has 4 N–H and O–H groups in total. The van der Waals surface area contributed by atoms with Crippen LogP contribution in [0.25, 0.3) is 11.4 Å². The molecule has 0 aliphatic carbocycles. The number of nitrogens with zero attached hydrogens (tertiary/aromatic N) is 2. The topological polar surface area (TPSA) is 104 Å². The molecule has 1 aromatic heterocycles. The van der Waals surface area contributed by atoms with Gasteiger partial charge in [-0.05, 0) is 42.3 Å². The average Bonchev–Trinajstić information content (AvgIpc) is 2.72. The van der Waals surface area contributed by atoms with E-state index in [1.807, 2.05) is 18.2 Å². The zero-order valence-corrected chi connectivity index (χ0v) is 16.7. The summed E-state index contributed by atoms with van der Waals surface area (Å²) < 4.78 is 5.09. The molecule has 0 amide bonds. The Balaban J connectivity index is 1.60. The molecule has 0 atom stereocenters. The number of hydrogen-bond acceptors (Lipinski definition) is 6. The lowest BCUT2D eigenvalue weighted by molar-refractivity contribution is 0.240. The first-order valence-corrected chi connectivity index (χ1v) is 9.58. The van der Waals surface area contributed by atoms with Gasteiger partial charge in [-0.1, -0.05) is 17.7 Å². The summed E-state index contributed by atoms with van der Waals surface area (Å²) in [5.41, 5.74) is 9.34. The first-order valence-electron chi connectivity index (χ1n) is 9.21. The molecular weight excluding hydrogens is 392 g/mol. The molecule has 1 aliphatic heterocycles. The van der Waals surface area contributed by atoms with Crippen LogP contribution in [0.15, 0.2) is 41.2 Å². The first-order chi connectivity index (χ1) is 14.0. The third-order valence-electron chi connectivity index (χ3n) is 5.11. The maximum atomic E-state index is 12.6. The van der Waals surface area contributed by atoms with E-state index in [0.29, 0.717) is 48.9 Å². The minimum atomic E-state index is -0.110. The number of aromatic nitrogens is 2. The second-order valence-corrected chi connectivity index (χ2v) is 7.39. The lowest BCUT2D eigenvalue weighted by Crippen LogP contribution is -2.35. The largest absolute Gasteiger partial charge is 0.503 e. The fraction of sp³-hybridized carbons (Fsp3) is 0.238. The van der Waals surface area contributed by atoms with Crippen LogP contribution in [0, 0.1) is 0 Å². The quantitative estimate of drug-likeness (QED) is 0.569. The molecule has 0 spiro atoms. The van der Waals surface area contributed by atoms with Crippen molar-refractivity contribution < 1.29 is 9.84 Å². The lowest BCUT2D eigenvalue weighted by atomic mass is 10.0. The summed E-state index contributed by atoms with van der Waals surface area (Å²) in [4.78, 5) is 22.3. The van der Waals surface area contributed by atoms with Crippen LogP contribution in [0.2, 0.25) is 5.02 Å². The van der Waals surface area contributed by atoms with Crippen LogP contribution >= 0.6 is 11.6 Å². The fourth-order valence-electron chi connectivity index (χ4n) is 3.52. The smallest absolute Gasteiger partial charge is 0.254 e. The number of aromatic amines is 1. The predicted octanol–water partition coefficient (Wildman–Crippen LogP) is 2.95. The predicted molar refractivity (Wildman–Crippen MR) is 112 cm³/mol. The molecule has 3 aromatic rings. The van der Waals surface area contributed by atoms with Gasteiger partial charge in [-0.25, -0.2) is 4.98 Å². The van der Waals surface area contributed by atoms with Crippen LogP contribution in [-0.2, 0) is 19.5 Å². The van der Waals surface area contributed by atoms with Crippen molar-refractivity contribution in [3.8, 4) is 22.9 Å². The maximum Gasteiger partial charge on any atom is 0.254 e. The number of benzene rings is 2. The van der Waals surface area contributed by atoms with Crippen molar-refractivity contribution in [2.75, 3.05) is 19.4 Å². The summed E-state index contributed by atoms with van der Waals surface area (Å²) in [6.07, 6.45) is 0.597. The molecule has 1 aliphatic rings. The normalized spacial score (nSPS) is 13.9. The second-order valence-electron chi connectivity index (χ2n) is 7.01. The molecule has 0 saturated heterocycles. The Morgan fingerprint density at radius 1 is 1.28 bits per heavy atom. The Bertz CT molecular complexity index is 1110. The van der Waals surface area contributed by atoms with E-state index < -0.39 is 0 Å². The van der Waals surface area contributed by atoms with Crippen molar-refractivity contribution >= 4 is 17.3 Å². The summed E-state index contributed by atoms with van der Waals surface area (Å²) in [5.74, 6) is 0.795. The fourth-order valence-corrected chi connectivity index (χ4v) is 3.74. The Morgan fingerprint density at radius 3 is 2.76 bits per heavy atom. The van der Waals surface area contributed by atoms with Gasteiger partial charge in [-0.2, -0.15) is 0 Å². The van der Waals surface area contributed by atoms with Gasteiger partial charge in [0.05, 0.1) is 17.8 Å². The third kappa shape index (κ3) is 3.79. The number of H-pyrrole nitrogens is 1. The van der Waals surface area contributed by atoms with Crippen molar-refractivity contribution in [2.24, 2.45) is 0 Å². The molecule has 2 heterocycles. The number of halogens is 1. The Hall–Kier alpha value is -3.03. The summed E-state index contributed by atoms with van der Waals surface area (Å²) in [6.45, 7) is 1.74. The number of nitrogens with two attached hydrogens (primary N) is 1. The molecule has 8 heteroatoms. The number of hydrogen-bond donors (Lipinski definition) is 3. The summed E-state index contributed by atoms with van der Waals surface area (Å²) >= 11 is 6.30. The highest BCUT2D eigenvalue weighted by molar-refractivity contribution is 6.33. The second kappa shape index (κ2) is 7.77. The van der Waals surface area contributed by atoms with Crippen LogP contribution < -0.4 is 16.0 Å². The van der Waals surface area contributed by atoms with Gasteiger partial charge in [-0.15, -0.1) is 0 Å². The zero-order chi connectivity index (χ0) is 20.5. The number of aromatic hydroxyl groups is 1. The van der Waals surface area contributed by atoms with Gasteiger partial charge in [0.15, 0.2) is 11.5 Å². The van der Waals surface area contributed by atoms with Crippen LogP contribution in [0.5, 0.6) is 11.5 Å². The summed E-state index contributed by atoms with van der Waals surface area (Å²) in [7, 11) is 1.48. The summed E-state index contributed by atoms with van der Waals surface area (Å²) in [6, 6.07) is 10.7. The van der Waals surface area contributed by atoms with E-state index in [9.17, 15) is 9.90 Å². The van der Waals surface area contributed by atoms with E-state index in [1.54, 1.807) is 18.2 Å². The number of ether oxygens (including phenoxy) is 1. The summed E-state index contributed by atoms with van der Waals surface area (Å²) in [5, 5.41) is 10.4. The number of phenolic OH excluding ortho intramolecular Hbond substituents is 1. The number of rotatable bonds is 4. The number of anilines is 1. The molecule has 0 bridgehead atoms. The van der Waals surface area contributed by atoms with Crippen LogP contribution in [0.4, 0.5) is 5.69 Å². The van der Waals surface area contributed by atoms with Gasteiger partial charge >= 0.3 is 0 Å². The molecule has 7 nitrogen and oxygen atoms in total. The van der Waals surface area contributed by atoms with Crippen LogP contribution in [-0.4, -0.2) is 33.6 Å². The lowest BCUT2D eigenvalue weighted by Gasteiger charge is -2.28.